The highest BCUT2D eigenvalue weighted by Gasteiger charge is 2.32. The van der Waals surface area contributed by atoms with Crippen LogP contribution in [-0.2, 0) is 20.6 Å². The van der Waals surface area contributed by atoms with E-state index in [2.05, 4.69) is 10.3 Å². The minimum Gasteiger partial charge on any atom is -0.354 e. The molecule has 1 aliphatic heterocycles. The third kappa shape index (κ3) is 4.82. The lowest BCUT2D eigenvalue weighted by Crippen LogP contribution is -2.49. The molecule has 1 aromatic carbocycles. The first-order valence-corrected chi connectivity index (χ1v) is 10.9. The normalized spacial score (nSPS) is 18.5. The van der Waals surface area contributed by atoms with Gasteiger partial charge in [-0.1, -0.05) is 30.7 Å². The number of nitrogens with one attached hydrogen (secondary N) is 1. The number of rotatable bonds is 7. The molecule has 0 radical (unpaired) electrons. The van der Waals surface area contributed by atoms with Crippen molar-refractivity contribution in [2.75, 3.05) is 19.6 Å². The zero-order valence-corrected chi connectivity index (χ0v) is 16.1. The maximum absolute atomic E-state index is 13.1. The Labute approximate surface area is 160 Å². The number of fused-ring (bicyclic) bond motifs is 1. The molecule has 1 fully saturated rings. The van der Waals surface area contributed by atoms with Crippen LogP contribution < -0.4 is 11.1 Å². The topological polar surface area (TPSA) is 105 Å². The molecule has 2 aromatic rings. The van der Waals surface area contributed by atoms with Gasteiger partial charge in [-0.15, -0.1) is 0 Å². The van der Waals surface area contributed by atoms with E-state index in [4.69, 9.17) is 5.73 Å². The standard InChI is InChI=1S/C19H26N4O3S/c20-10-9-18(24)22-13-17-8-1-2-12-23(17)27(25,26)14-16-6-3-5-15-7-4-11-21-19(15)16/h3-7,11,17H,1-2,8-10,12-14,20H2,(H,22,24). The van der Waals surface area contributed by atoms with Gasteiger partial charge in [-0.05, 0) is 24.5 Å². The smallest absolute Gasteiger partial charge is 0.221 e. The molecule has 1 atom stereocenters. The number of nitrogens with two attached hydrogens (primary N) is 1. The van der Waals surface area contributed by atoms with Crippen LogP contribution in [0.3, 0.4) is 0 Å². The molecule has 3 N–H and O–H groups in total. The van der Waals surface area contributed by atoms with E-state index in [1.807, 2.05) is 30.3 Å². The van der Waals surface area contributed by atoms with Gasteiger partial charge in [0.05, 0.1) is 11.3 Å². The average molecular weight is 391 g/mol. The van der Waals surface area contributed by atoms with Gasteiger partial charge < -0.3 is 11.1 Å². The highest BCUT2D eigenvalue weighted by atomic mass is 32.2. The lowest BCUT2D eigenvalue weighted by atomic mass is 10.1. The lowest BCUT2D eigenvalue weighted by Gasteiger charge is -2.34. The summed E-state index contributed by atoms with van der Waals surface area (Å²) < 4.78 is 27.8. The number of pyridine rings is 1. The van der Waals surface area contributed by atoms with Crippen LogP contribution in [0.15, 0.2) is 36.5 Å². The van der Waals surface area contributed by atoms with E-state index in [0.29, 0.717) is 24.2 Å². The van der Waals surface area contributed by atoms with E-state index in [0.717, 1.165) is 24.6 Å². The van der Waals surface area contributed by atoms with Crippen molar-refractivity contribution in [3.05, 3.63) is 42.1 Å². The van der Waals surface area contributed by atoms with Crippen molar-refractivity contribution < 1.29 is 13.2 Å². The van der Waals surface area contributed by atoms with E-state index in [1.165, 1.54) is 0 Å². The number of amides is 1. The Hall–Kier alpha value is -2.03. The summed E-state index contributed by atoms with van der Waals surface area (Å²) in [6.45, 7) is 1.09. The molecule has 0 aliphatic carbocycles. The van der Waals surface area contributed by atoms with Gasteiger partial charge in [-0.3, -0.25) is 9.78 Å². The predicted molar refractivity (Wildman–Crippen MR) is 105 cm³/mol. The number of carbonyl (C=O) groups excluding carboxylic acids is 1. The molecule has 3 rings (SSSR count). The summed E-state index contributed by atoms with van der Waals surface area (Å²) in [5, 5.41) is 3.74. The second kappa shape index (κ2) is 8.77. The van der Waals surface area contributed by atoms with E-state index >= 15 is 0 Å². The minimum absolute atomic E-state index is 0.0887. The van der Waals surface area contributed by atoms with E-state index in [9.17, 15) is 13.2 Å². The summed E-state index contributed by atoms with van der Waals surface area (Å²) in [5.74, 6) is -0.229. The molecule has 1 aromatic heterocycles. The molecule has 0 saturated carbocycles. The average Bonchev–Trinajstić information content (AvgIpc) is 2.67. The summed E-state index contributed by atoms with van der Waals surface area (Å²) in [4.78, 5) is 16.1. The Morgan fingerprint density at radius 3 is 2.89 bits per heavy atom. The summed E-state index contributed by atoms with van der Waals surface area (Å²) in [6.07, 6.45) is 4.46. The number of hydrogen-bond donors (Lipinski definition) is 2. The number of aromatic nitrogens is 1. The summed E-state index contributed by atoms with van der Waals surface area (Å²) >= 11 is 0. The van der Waals surface area contributed by atoms with Gasteiger partial charge in [0.1, 0.15) is 0 Å². The number of nitrogens with zero attached hydrogens (tertiary/aromatic N) is 2. The highest BCUT2D eigenvalue weighted by molar-refractivity contribution is 7.88. The van der Waals surface area contributed by atoms with Gasteiger partial charge in [0.15, 0.2) is 0 Å². The Balaban J connectivity index is 1.78. The van der Waals surface area contributed by atoms with E-state index in [-0.39, 0.29) is 30.7 Å². The zero-order chi connectivity index (χ0) is 19.3. The molecule has 0 spiro atoms. The van der Waals surface area contributed by atoms with Gasteiger partial charge in [-0.25, -0.2) is 8.42 Å². The largest absolute Gasteiger partial charge is 0.354 e. The Bertz CT molecular complexity index is 895. The molecule has 8 heteroatoms. The van der Waals surface area contributed by atoms with Crippen LogP contribution in [0.5, 0.6) is 0 Å². The summed E-state index contributed by atoms with van der Waals surface area (Å²) in [7, 11) is -3.52. The van der Waals surface area contributed by atoms with Gasteiger partial charge in [0.2, 0.25) is 15.9 Å². The van der Waals surface area contributed by atoms with E-state index in [1.54, 1.807) is 10.5 Å². The van der Waals surface area contributed by atoms with Crippen LogP contribution >= 0.6 is 0 Å². The van der Waals surface area contributed by atoms with Crippen molar-refractivity contribution in [1.29, 1.82) is 0 Å². The molecule has 146 valence electrons. The van der Waals surface area contributed by atoms with Crippen molar-refractivity contribution in [3.63, 3.8) is 0 Å². The number of benzene rings is 1. The van der Waals surface area contributed by atoms with Crippen LogP contribution in [0, 0.1) is 0 Å². The summed E-state index contributed by atoms with van der Waals surface area (Å²) in [5.41, 5.74) is 6.81. The summed E-state index contributed by atoms with van der Waals surface area (Å²) in [6, 6.07) is 9.15. The van der Waals surface area contributed by atoms with Crippen molar-refractivity contribution in [3.8, 4) is 0 Å². The molecule has 1 aliphatic rings. The van der Waals surface area contributed by atoms with Crippen molar-refractivity contribution in [1.82, 2.24) is 14.6 Å². The molecular formula is C19H26N4O3S. The van der Waals surface area contributed by atoms with Crippen molar-refractivity contribution >= 4 is 26.8 Å². The van der Waals surface area contributed by atoms with Crippen molar-refractivity contribution in [2.45, 2.75) is 37.5 Å². The third-order valence-electron chi connectivity index (χ3n) is 4.89. The van der Waals surface area contributed by atoms with E-state index < -0.39 is 10.0 Å². The van der Waals surface area contributed by atoms with Crippen molar-refractivity contribution in [2.24, 2.45) is 5.73 Å². The quantitative estimate of drug-likeness (QED) is 0.743. The Kier molecular flexibility index (Phi) is 6.41. The second-order valence-electron chi connectivity index (χ2n) is 6.85. The maximum Gasteiger partial charge on any atom is 0.221 e. The fourth-order valence-corrected chi connectivity index (χ4v) is 5.39. The number of carbonyl (C=O) groups is 1. The highest BCUT2D eigenvalue weighted by Crippen LogP contribution is 2.25. The monoisotopic (exact) mass is 390 g/mol. The molecule has 2 heterocycles. The first kappa shape index (κ1) is 19.7. The minimum atomic E-state index is -3.52. The lowest BCUT2D eigenvalue weighted by molar-refractivity contribution is -0.121. The second-order valence-corrected chi connectivity index (χ2v) is 8.77. The molecule has 1 unspecified atom stereocenters. The van der Waals surface area contributed by atoms with Crippen LogP contribution in [-0.4, -0.2) is 49.3 Å². The first-order valence-electron chi connectivity index (χ1n) is 9.30. The van der Waals surface area contributed by atoms with Gasteiger partial charge in [0, 0.05) is 43.7 Å². The van der Waals surface area contributed by atoms with Crippen LogP contribution in [0.25, 0.3) is 10.9 Å². The molecule has 0 bridgehead atoms. The molecule has 1 amide bonds. The van der Waals surface area contributed by atoms with Gasteiger partial charge >= 0.3 is 0 Å². The van der Waals surface area contributed by atoms with Crippen LogP contribution in [0.1, 0.15) is 31.2 Å². The Morgan fingerprint density at radius 1 is 1.26 bits per heavy atom. The number of para-hydroxylation sites is 1. The molecular weight excluding hydrogens is 364 g/mol. The predicted octanol–water partition coefficient (Wildman–Crippen LogP) is 1.38. The zero-order valence-electron chi connectivity index (χ0n) is 15.3. The SMILES string of the molecule is NCCC(=O)NCC1CCCCN1S(=O)(=O)Cc1cccc2cccnc12. The van der Waals surface area contributed by atoms with Crippen LogP contribution in [0.2, 0.25) is 0 Å². The third-order valence-corrected chi connectivity index (χ3v) is 6.76. The number of piperidine rings is 1. The molecule has 1 saturated heterocycles. The number of sulfonamides is 1. The first-order chi connectivity index (χ1) is 13.0. The molecule has 7 nitrogen and oxygen atoms in total. The van der Waals surface area contributed by atoms with Crippen LogP contribution in [0.4, 0.5) is 0 Å². The van der Waals surface area contributed by atoms with Gasteiger partial charge in [0.25, 0.3) is 0 Å². The fourth-order valence-electron chi connectivity index (χ4n) is 3.56. The molecule has 27 heavy (non-hydrogen) atoms. The van der Waals surface area contributed by atoms with Gasteiger partial charge in [-0.2, -0.15) is 4.31 Å². The number of hydrogen-bond acceptors (Lipinski definition) is 5. The maximum atomic E-state index is 13.1. The fraction of sp³-hybridized carbons (Fsp3) is 0.474. The Morgan fingerprint density at radius 2 is 2.07 bits per heavy atom.